The van der Waals surface area contributed by atoms with E-state index in [0.717, 1.165) is 5.56 Å². The third-order valence-corrected chi connectivity index (χ3v) is 3.13. The number of ether oxygens (including phenoxy) is 1. The summed E-state index contributed by atoms with van der Waals surface area (Å²) < 4.78 is 5.28. The number of aliphatic carboxylic acids is 1. The van der Waals surface area contributed by atoms with E-state index in [9.17, 15) is 9.59 Å². The molecule has 0 aromatic heterocycles. The van der Waals surface area contributed by atoms with Crippen molar-refractivity contribution in [3.05, 3.63) is 29.3 Å². The molecule has 0 spiro atoms. The molecule has 1 N–H and O–H groups in total. The number of hydrogen-bond donors (Lipinski definition) is 1. The van der Waals surface area contributed by atoms with Gasteiger partial charge in [-0.1, -0.05) is 0 Å². The third-order valence-electron chi connectivity index (χ3n) is 3.13. The van der Waals surface area contributed by atoms with Crippen molar-refractivity contribution < 1.29 is 19.4 Å². The second kappa shape index (κ2) is 7.05. The highest BCUT2D eigenvalue weighted by atomic mass is 16.5. The predicted molar refractivity (Wildman–Crippen MR) is 76.2 cm³/mol. The Balaban J connectivity index is 3.05. The molecule has 1 rings (SSSR count). The van der Waals surface area contributed by atoms with Crippen LogP contribution in [0.1, 0.15) is 36.7 Å². The van der Waals surface area contributed by atoms with Gasteiger partial charge in [0.15, 0.2) is 5.78 Å². The molecule has 0 saturated heterocycles. The van der Waals surface area contributed by atoms with Crippen LogP contribution >= 0.6 is 0 Å². The largest absolute Gasteiger partial charge is 0.496 e. The summed E-state index contributed by atoms with van der Waals surface area (Å²) in [5.41, 5.74) is 1.41. The highest BCUT2D eigenvalue weighted by Gasteiger charge is 2.17. The van der Waals surface area contributed by atoms with E-state index in [4.69, 9.17) is 9.84 Å². The van der Waals surface area contributed by atoms with Crippen molar-refractivity contribution >= 4 is 11.8 Å². The minimum Gasteiger partial charge on any atom is -0.496 e. The zero-order valence-corrected chi connectivity index (χ0v) is 12.3. The fourth-order valence-electron chi connectivity index (χ4n) is 1.93. The molecule has 110 valence electrons. The van der Waals surface area contributed by atoms with Crippen molar-refractivity contribution in [2.45, 2.75) is 33.4 Å². The maximum atomic E-state index is 11.4. The van der Waals surface area contributed by atoms with E-state index in [1.54, 1.807) is 25.3 Å². The second-order valence-corrected chi connectivity index (χ2v) is 4.98. The number of carboxylic acids is 1. The van der Waals surface area contributed by atoms with Crippen LogP contribution < -0.4 is 4.74 Å². The monoisotopic (exact) mass is 279 g/mol. The number of ketones is 1. The highest BCUT2D eigenvalue weighted by Crippen LogP contribution is 2.22. The summed E-state index contributed by atoms with van der Waals surface area (Å²) in [6.45, 7) is 5.75. The van der Waals surface area contributed by atoms with Gasteiger partial charge >= 0.3 is 5.97 Å². The summed E-state index contributed by atoms with van der Waals surface area (Å²) in [5, 5.41) is 8.95. The van der Waals surface area contributed by atoms with E-state index in [-0.39, 0.29) is 18.4 Å². The molecule has 1 aromatic carbocycles. The van der Waals surface area contributed by atoms with E-state index in [2.05, 4.69) is 0 Å². The zero-order valence-electron chi connectivity index (χ0n) is 12.3. The van der Waals surface area contributed by atoms with Gasteiger partial charge in [0.05, 0.1) is 13.7 Å². The molecule has 0 bridgehead atoms. The molecule has 0 amide bonds. The first-order valence-corrected chi connectivity index (χ1v) is 6.48. The van der Waals surface area contributed by atoms with Crippen molar-refractivity contribution in [3.8, 4) is 5.75 Å². The molecule has 1 aromatic rings. The smallest absolute Gasteiger partial charge is 0.317 e. The number of Topliss-reactive ketones (excluding diaryl/α,β-unsaturated/α-hetero) is 1. The van der Waals surface area contributed by atoms with E-state index >= 15 is 0 Å². The molecular formula is C15H21NO4. The van der Waals surface area contributed by atoms with Crippen molar-refractivity contribution in [2.75, 3.05) is 13.7 Å². The molecule has 0 atom stereocenters. The average molecular weight is 279 g/mol. The second-order valence-electron chi connectivity index (χ2n) is 4.98. The lowest BCUT2D eigenvalue weighted by Gasteiger charge is -2.25. The SMILES string of the molecule is COc1ccc(C(C)=O)cc1CN(CC(=O)O)C(C)C. The van der Waals surface area contributed by atoms with Gasteiger partial charge in [0.2, 0.25) is 0 Å². The summed E-state index contributed by atoms with van der Waals surface area (Å²) in [4.78, 5) is 24.2. The number of carbonyl (C=O) groups is 2. The number of hydrogen-bond acceptors (Lipinski definition) is 4. The fourth-order valence-corrected chi connectivity index (χ4v) is 1.93. The summed E-state index contributed by atoms with van der Waals surface area (Å²) in [6.07, 6.45) is 0. The van der Waals surface area contributed by atoms with Crippen LogP contribution in [-0.4, -0.2) is 41.5 Å². The number of carboxylic acid groups (broad SMARTS) is 1. The first-order chi connectivity index (χ1) is 9.35. The van der Waals surface area contributed by atoms with Crippen molar-refractivity contribution in [2.24, 2.45) is 0 Å². The first kappa shape index (κ1) is 16.2. The summed E-state index contributed by atoms with van der Waals surface area (Å²) in [7, 11) is 1.56. The molecule has 0 aliphatic heterocycles. The van der Waals surface area contributed by atoms with Crippen LogP contribution in [0.25, 0.3) is 0 Å². The molecular weight excluding hydrogens is 258 g/mol. The molecule has 0 heterocycles. The van der Waals surface area contributed by atoms with E-state index < -0.39 is 5.97 Å². The molecule has 5 nitrogen and oxygen atoms in total. The quantitative estimate of drug-likeness (QED) is 0.775. The van der Waals surface area contributed by atoms with E-state index in [0.29, 0.717) is 17.9 Å². The molecule has 0 aliphatic carbocycles. The standard InChI is InChI=1S/C15H21NO4/c1-10(2)16(9-15(18)19)8-13-7-12(11(3)17)5-6-14(13)20-4/h5-7,10H,8-9H2,1-4H3,(H,18,19). The van der Waals surface area contributed by atoms with Crippen molar-refractivity contribution in [1.29, 1.82) is 0 Å². The minimum atomic E-state index is -0.875. The number of methoxy groups -OCH3 is 1. The van der Waals surface area contributed by atoms with Gasteiger partial charge in [-0.2, -0.15) is 0 Å². The van der Waals surface area contributed by atoms with Crippen molar-refractivity contribution in [3.63, 3.8) is 0 Å². The molecule has 5 heteroatoms. The van der Waals surface area contributed by atoms with E-state index in [1.165, 1.54) is 6.92 Å². The van der Waals surface area contributed by atoms with Gasteiger partial charge in [0.1, 0.15) is 5.75 Å². The van der Waals surface area contributed by atoms with E-state index in [1.807, 2.05) is 18.7 Å². The lowest BCUT2D eigenvalue weighted by atomic mass is 10.1. The molecule has 0 saturated carbocycles. The minimum absolute atomic E-state index is 0.0248. The van der Waals surface area contributed by atoms with Crippen LogP contribution in [0.5, 0.6) is 5.75 Å². The van der Waals surface area contributed by atoms with Crippen molar-refractivity contribution in [1.82, 2.24) is 4.90 Å². The Bertz CT molecular complexity index is 497. The van der Waals surface area contributed by atoms with Crippen LogP contribution in [0.2, 0.25) is 0 Å². The predicted octanol–water partition coefficient (Wildman–Crippen LogP) is 2.19. The Morgan fingerprint density at radius 1 is 1.35 bits per heavy atom. The Hall–Kier alpha value is -1.88. The van der Waals surface area contributed by atoms with Gasteiger partial charge < -0.3 is 9.84 Å². The third kappa shape index (κ3) is 4.35. The lowest BCUT2D eigenvalue weighted by molar-refractivity contribution is -0.138. The van der Waals surface area contributed by atoms with Gasteiger partial charge in [0, 0.05) is 23.7 Å². The van der Waals surface area contributed by atoms with Crippen LogP contribution in [0.3, 0.4) is 0 Å². The number of rotatable bonds is 7. The van der Waals surface area contributed by atoms with Crippen LogP contribution in [-0.2, 0) is 11.3 Å². The van der Waals surface area contributed by atoms with Gasteiger partial charge in [-0.15, -0.1) is 0 Å². The van der Waals surface area contributed by atoms with Crippen LogP contribution in [0, 0.1) is 0 Å². The zero-order chi connectivity index (χ0) is 15.3. The highest BCUT2D eigenvalue weighted by molar-refractivity contribution is 5.94. The average Bonchev–Trinajstić information content (AvgIpc) is 2.37. The Morgan fingerprint density at radius 2 is 2.00 bits per heavy atom. The summed E-state index contributed by atoms with van der Waals surface area (Å²) in [5.74, 6) is -0.241. The topological polar surface area (TPSA) is 66.8 Å². The number of benzene rings is 1. The Morgan fingerprint density at radius 3 is 2.45 bits per heavy atom. The van der Waals surface area contributed by atoms with Gasteiger partial charge in [0.25, 0.3) is 0 Å². The molecule has 0 radical (unpaired) electrons. The molecule has 20 heavy (non-hydrogen) atoms. The Labute approximate surface area is 119 Å². The van der Waals surface area contributed by atoms with Crippen LogP contribution in [0.4, 0.5) is 0 Å². The van der Waals surface area contributed by atoms with Crippen LogP contribution in [0.15, 0.2) is 18.2 Å². The normalized spacial score (nSPS) is 10.9. The maximum Gasteiger partial charge on any atom is 0.317 e. The van der Waals surface area contributed by atoms with Gasteiger partial charge in [-0.25, -0.2) is 0 Å². The number of nitrogens with zero attached hydrogens (tertiary/aromatic N) is 1. The van der Waals surface area contributed by atoms with Gasteiger partial charge in [-0.3, -0.25) is 14.5 Å². The molecule has 0 unspecified atom stereocenters. The fraction of sp³-hybridized carbons (Fsp3) is 0.467. The summed E-state index contributed by atoms with van der Waals surface area (Å²) in [6, 6.07) is 5.29. The first-order valence-electron chi connectivity index (χ1n) is 6.48. The lowest BCUT2D eigenvalue weighted by Crippen LogP contribution is -2.35. The van der Waals surface area contributed by atoms with Gasteiger partial charge in [-0.05, 0) is 39.0 Å². The molecule has 0 fully saturated rings. The Kier molecular flexibility index (Phi) is 5.70. The summed E-state index contributed by atoms with van der Waals surface area (Å²) >= 11 is 0. The maximum absolute atomic E-state index is 11.4. The number of carbonyl (C=O) groups excluding carboxylic acids is 1. The molecule has 0 aliphatic rings.